The molecule has 126 valence electrons. The number of hydrogen-bond donors (Lipinski definition) is 2. The van der Waals surface area contributed by atoms with Gasteiger partial charge in [-0.3, -0.25) is 10.1 Å². The maximum atomic E-state index is 12.0. The predicted molar refractivity (Wildman–Crippen MR) is 99.1 cm³/mol. The van der Waals surface area contributed by atoms with Crippen molar-refractivity contribution in [3.63, 3.8) is 0 Å². The lowest BCUT2D eigenvalue weighted by atomic mass is 10.1. The van der Waals surface area contributed by atoms with Gasteiger partial charge in [0.15, 0.2) is 0 Å². The van der Waals surface area contributed by atoms with Crippen molar-refractivity contribution in [3.8, 4) is 0 Å². The number of nitrogens with one attached hydrogen (secondary N) is 2. The molecule has 0 radical (unpaired) electrons. The highest BCUT2D eigenvalue weighted by atomic mass is 32.1. The smallest absolute Gasteiger partial charge is 0.250 e. The molecular weight excluding hydrogens is 320 g/mol. The quantitative estimate of drug-likeness (QED) is 0.627. The van der Waals surface area contributed by atoms with Crippen LogP contribution in [0.25, 0.3) is 6.08 Å². The molecule has 5 nitrogen and oxygen atoms in total. The van der Waals surface area contributed by atoms with Crippen LogP contribution in [0.3, 0.4) is 0 Å². The fraction of sp³-hybridized carbons (Fsp3) is 0.389. The average molecular weight is 342 g/mol. The molecule has 0 atom stereocenters. The van der Waals surface area contributed by atoms with E-state index in [4.69, 9.17) is 0 Å². The number of anilines is 2. The standard InChI is InChI=1S/C18H22N4OS/c23-16(13-12-14-8-4-3-5-9-14)20-18-22-21-17(24-18)19-15-10-6-1-2-7-11-15/h3-5,8-9,12-13,15H,1-2,6-7,10-11H2,(H,19,21)(H,20,22,23). The third-order valence-corrected chi connectivity index (χ3v) is 4.83. The molecule has 1 saturated carbocycles. The summed E-state index contributed by atoms with van der Waals surface area (Å²) in [6.07, 6.45) is 10.8. The Bertz CT molecular complexity index is 675. The summed E-state index contributed by atoms with van der Waals surface area (Å²) in [4.78, 5) is 12.0. The number of benzene rings is 1. The van der Waals surface area contributed by atoms with E-state index in [0.29, 0.717) is 11.2 Å². The largest absolute Gasteiger partial charge is 0.357 e. The van der Waals surface area contributed by atoms with Crippen LogP contribution in [0.1, 0.15) is 44.1 Å². The van der Waals surface area contributed by atoms with E-state index in [1.807, 2.05) is 30.3 Å². The number of rotatable bonds is 5. The highest BCUT2D eigenvalue weighted by Crippen LogP contribution is 2.25. The molecule has 0 spiro atoms. The van der Waals surface area contributed by atoms with Crippen LogP contribution in [-0.2, 0) is 4.79 Å². The van der Waals surface area contributed by atoms with Crippen molar-refractivity contribution in [2.75, 3.05) is 10.6 Å². The van der Waals surface area contributed by atoms with Crippen LogP contribution in [0, 0.1) is 0 Å². The summed E-state index contributed by atoms with van der Waals surface area (Å²) in [6, 6.07) is 10.2. The minimum Gasteiger partial charge on any atom is -0.357 e. The Morgan fingerprint density at radius 1 is 1.04 bits per heavy atom. The Morgan fingerprint density at radius 3 is 2.50 bits per heavy atom. The fourth-order valence-corrected chi connectivity index (χ4v) is 3.54. The summed E-state index contributed by atoms with van der Waals surface area (Å²) < 4.78 is 0. The van der Waals surface area contributed by atoms with Gasteiger partial charge in [-0.15, -0.1) is 10.2 Å². The summed E-state index contributed by atoms with van der Waals surface area (Å²) >= 11 is 1.38. The molecule has 1 aromatic heterocycles. The molecule has 1 aliphatic carbocycles. The molecular formula is C18H22N4OS. The number of aromatic nitrogens is 2. The average Bonchev–Trinajstić information content (AvgIpc) is 2.87. The Kier molecular flexibility index (Phi) is 5.96. The summed E-state index contributed by atoms with van der Waals surface area (Å²) in [5.41, 5.74) is 0.987. The molecule has 1 amide bonds. The first-order valence-electron chi connectivity index (χ1n) is 8.44. The summed E-state index contributed by atoms with van der Waals surface area (Å²) in [5.74, 6) is -0.198. The van der Waals surface area contributed by atoms with Crippen LogP contribution in [-0.4, -0.2) is 22.1 Å². The summed E-state index contributed by atoms with van der Waals surface area (Å²) in [6.45, 7) is 0. The van der Waals surface area contributed by atoms with E-state index in [1.165, 1.54) is 55.9 Å². The van der Waals surface area contributed by atoms with Crippen molar-refractivity contribution in [1.29, 1.82) is 0 Å². The van der Waals surface area contributed by atoms with Gasteiger partial charge in [-0.2, -0.15) is 0 Å². The van der Waals surface area contributed by atoms with E-state index < -0.39 is 0 Å². The zero-order valence-corrected chi connectivity index (χ0v) is 14.4. The Morgan fingerprint density at radius 2 is 1.75 bits per heavy atom. The lowest BCUT2D eigenvalue weighted by Gasteiger charge is -2.14. The lowest BCUT2D eigenvalue weighted by molar-refractivity contribution is -0.111. The van der Waals surface area contributed by atoms with Crippen LogP contribution in [0.2, 0.25) is 0 Å². The minimum absolute atomic E-state index is 0.198. The van der Waals surface area contributed by atoms with Crippen molar-refractivity contribution in [2.24, 2.45) is 0 Å². The molecule has 0 bridgehead atoms. The lowest BCUT2D eigenvalue weighted by Crippen LogP contribution is -2.17. The summed E-state index contributed by atoms with van der Waals surface area (Å²) in [7, 11) is 0. The second kappa shape index (κ2) is 8.59. The molecule has 2 N–H and O–H groups in total. The van der Waals surface area contributed by atoms with Gasteiger partial charge in [0, 0.05) is 12.1 Å². The van der Waals surface area contributed by atoms with E-state index in [1.54, 1.807) is 6.08 Å². The van der Waals surface area contributed by atoms with E-state index in [-0.39, 0.29) is 5.91 Å². The molecule has 3 rings (SSSR count). The van der Waals surface area contributed by atoms with Gasteiger partial charge in [-0.05, 0) is 24.5 Å². The number of hydrogen-bond acceptors (Lipinski definition) is 5. The first-order valence-corrected chi connectivity index (χ1v) is 9.25. The maximum Gasteiger partial charge on any atom is 0.250 e. The molecule has 24 heavy (non-hydrogen) atoms. The van der Waals surface area contributed by atoms with Crippen molar-refractivity contribution in [1.82, 2.24) is 10.2 Å². The van der Waals surface area contributed by atoms with Crippen molar-refractivity contribution < 1.29 is 4.79 Å². The zero-order valence-electron chi connectivity index (χ0n) is 13.6. The topological polar surface area (TPSA) is 66.9 Å². The van der Waals surface area contributed by atoms with Gasteiger partial charge >= 0.3 is 0 Å². The third-order valence-electron chi connectivity index (χ3n) is 4.06. The van der Waals surface area contributed by atoms with E-state index in [9.17, 15) is 4.79 Å². The van der Waals surface area contributed by atoms with E-state index >= 15 is 0 Å². The minimum atomic E-state index is -0.198. The normalized spacial score (nSPS) is 16.0. The highest BCUT2D eigenvalue weighted by molar-refractivity contribution is 7.19. The highest BCUT2D eigenvalue weighted by Gasteiger charge is 2.14. The molecule has 6 heteroatoms. The number of amides is 1. The predicted octanol–water partition coefficient (Wildman–Crippen LogP) is 4.32. The molecule has 1 fully saturated rings. The molecule has 0 saturated heterocycles. The number of nitrogens with zero attached hydrogens (tertiary/aromatic N) is 2. The van der Waals surface area contributed by atoms with Crippen LogP contribution in [0.4, 0.5) is 10.3 Å². The molecule has 0 unspecified atom stereocenters. The molecule has 1 aliphatic rings. The monoisotopic (exact) mass is 342 g/mol. The third kappa shape index (κ3) is 5.16. The van der Waals surface area contributed by atoms with Crippen LogP contribution < -0.4 is 10.6 Å². The SMILES string of the molecule is O=C(C=Cc1ccccc1)Nc1nnc(NC2CCCCCC2)s1. The van der Waals surface area contributed by atoms with Crippen molar-refractivity contribution in [3.05, 3.63) is 42.0 Å². The van der Waals surface area contributed by atoms with E-state index in [0.717, 1.165) is 10.7 Å². The van der Waals surface area contributed by atoms with Crippen LogP contribution in [0.5, 0.6) is 0 Å². The first-order chi connectivity index (χ1) is 11.8. The maximum absolute atomic E-state index is 12.0. The van der Waals surface area contributed by atoms with Crippen molar-refractivity contribution >= 4 is 33.6 Å². The van der Waals surface area contributed by atoms with E-state index in [2.05, 4.69) is 20.8 Å². The van der Waals surface area contributed by atoms with Gasteiger partial charge in [0.2, 0.25) is 16.2 Å². The van der Waals surface area contributed by atoms with Gasteiger partial charge in [0.25, 0.3) is 0 Å². The number of carbonyl (C=O) groups is 1. The van der Waals surface area contributed by atoms with Crippen LogP contribution in [0.15, 0.2) is 36.4 Å². The Labute approximate surface area is 146 Å². The van der Waals surface area contributed by atoms with Crippen molar-refractivity contribution in [2.45, 2.75) is 44.6 Å². The van der Waals surface area contributed by atoms with Gasteiger partial charge in [-0.25, -0.2) is 0 Å². The molecule has 1 heterocycles. The summed E-state index contributed by atoms with van der Waals surface area (Å²) in [5, 5.41) is 15.7. The Balaban J connectivity index is 1.51. The fourth-order valence-electron chi connectivity index (χ4n) is 2.81. The zero-order chi connectivity index (χ0) is 16.6. The second-order valence-electron chi connectivity index (χ2n) is 5.98. The Hall–Kier alpha value is -2.21. The number of carbonyl (C=O) groups excluding carboxylic acids is 1. The van der Waals surface area contributed by atoms with Gasteiger partial charge in [0.1, 0.15) is 0 Å². The molecule has 2 aromatic rings. The van der Waals surface area contributed by atoms with Gasteiger partial charge < -0.3 is 5.32 Å². The van der Waals surface area contributed by atoms with Gasteiger partial charge in [0.05, 0.1) is 0 Å². The van der Waals surface area contributed by atoms with Crippen LogP contribution >= 0.6 is 11.3 Å². The first kappa shape index (κ1) is 16.6. The second-order valence-corrected chi connectivity index (χ2v) is 6.96. The molecule has 1 aromatic carbocycles. The van der Waals surface area contributed by atoms with Gasteiger partial charge in [-0.1, -0.05) is 67.4 Å². The molecule has 0 aliphatic heterocycles.